The zero-order valence-electron chi connectivity index (χ0n) is 8.20. The first-order valence-corrected chi connectivity index (χ1v) is 4.73. The van der Waals surface area contributed by atoms with Crippen LogP contribution in [-0.4, -0.2) is 35.5 Å². The second-order valence-electron chi connectivity index (χ2n) is 3.65. The molecule has 0 amide bonds. The van der Waals surface area contributed by atoms with E-state index < -0.39 is 0 Å². The number of anilines is 1. The summed E-state index contributed by atoms with van der Waals surface area (Å²) in [5.74, 6) is 1.09. The Morgan fingerprint density at radius 2 is 2.46 bits per heavy atom. The van der Waals surface area contributed by atoms with Crippen LogP contribution in [0.4, 0.5) is 5.82 Å². The fraction of sp³-hybridized carbons (Fsp3) is 0.667. The molecule has 2 heterocycles. The Balaban J connectivity index is 2.08. The molecule has 1 saturated heterocycles. The Morgan fingerprint density at radius 1 is 1.62 bits per heavy atom. The maximum Gasteiger partial charge on any atom is 0.150 e. The molecule has 4 nitrogen and oxygen atoms in total. The molecular formula is C9H16N4. The van der Waals surface area contributed by atoms with Crippen LogP contribution >= 0.6 is 0 Å². The van der Waals surface area contributed by atoms with E-state index in [1.54, 1.807) is 0 Å². The van der Waals surface area contributed by atoms with E-state index in [0.29, 0.717) is 6.04 Å². The van der Waals surface area contributed by atoms with Gasteiger partial charge in [0.2, 0.25) is 0 Å². The summed E-state index contributed by atoms with van der Waals surface area (Å²) >= 11 is 0. The van der Waals surface area contributed by atoms with Crippen LogP contribution in [0, 0.1) is 0 Å². The summed E-state index contributed by atoms with van der Waals surface area (Å²) in [4.78, 5) is 2.32. The van der Waals surface area contributed by atoms with E-state index in [1.807, 2.05) is 17.9 Å². The van der Waals surface area contributed by atoms with E-state index in [1.165, 1.54) is 0 Å². The molecule has 0 spiro atoms. The standard InChI is InChI=1S/C9H16N4/c1-8-7-13(6-4-10-8)9-3-5-12(2)11-9/h3,5,8,10H,4,6-7H2,1-2H3/t8-/m1/s1. The number of aryl methyl sites for hydroxylation is 1. The number of nitrogens with zero attached hydrogens (tertiary/aromatic N) is 3. The van der Waals surface area contributed by atoms with E-state index in [9.17, 15) is 0 Å². The minimum Gasteiger partial charge on any atom is -0.352 e. The monoisotopic (exact) mass is 180 g/mol. The summed E-state index contributed by atoms with van der Waals surface area (Å²) < 4.78 is 1.85. The average molecular weight is 180 g/mol. The number of piperazine rings is 1. The molecule has 1 aliphatic rings. The van der Waals surface area contributed by atoms with Crippen molar-refractivity contribution < 1.29 is 0 Å². The van der Waals surface area contributed by atoms with E-state index in [0.717, 1.165) is 25.5 Å². The highest BCUT2D eigenvalue weighted by Gasteiger charge is 2.16. The second-order valence-corrected chi connectivity index (χ2v) is 3.65. The largest absolute Gasteiger partial charge is 0.352 e. The highest BCUT2D eigenvalue weighted by molar-refractivity contribution is 5.37. The van der Waals surface area contributed by atoms with Crippen LogP contribution in [0.2, 0.25) is 0 Å². The minimum atomic E-state index is 0.566. The maximum atomic E-state index is 4.38. The Bertz CT molecular complexity index is 281. The Kier molecular flexibility index (Phi) is 2.22. The van der Waals surface area contributed by atoms with Gasteiger partial charge in [-0.25, -0.2) is 0 Å². The number of nitrogens with one attached hydrogen (secondary N) is 1. The van der Waals surface area contributed by atoms with Crippen molar-refractivity contribution in [3.8, 4) is 0 Å². The summed E-state index contributed by atoms with van der Waals surface area (Å²) in [6.45, 7) is 5.37. The molecule has 72 valence electrons. The number of hydrogen-bond acceptors (Lipinski definition) is 3. The average Bonchev–Trinajstić information content (AvgIpc) is 2.52. The van der Waals surface area contributed by atoms with Gasteiger partial charge in [0, 0.05) is 45.0 Å². The normalized spacial score (nSPS) is 23.5. The van der Waals surface area contributed by atoms with Crippen LogP contribution in [-0.2, 0) is 7.05 Å². The first-order chi connectivity index (χ1) is 6.25. The van der Waals surface area contributed by atoms with Gasteiger partial charge in [0.05, 0.1) is 0 Å². The van der Waals surface area contributed by atoms with Crippen molar-refractivity contribution in [2.24, 2.45) is 7.05 Å². The molecule has 0 bridgehead atoms. The second kappa shape index (κ2) is 3.38. The van der Waals surface area contributed by atoms with E-state index >= 15 is 0 Å². The van der Waals surface area contributed by atoms with Crippen LogP contribution in [0.5, 0.6) is 0 Å². The molecule has 1 aromatic rings. The lowest BCUT2D eigenvalue weighted by Crippen LogP contribution is -2.49. The van der Waals surface area contributed by atoms with Crippen LogP contribution in [0.25, 0.3) is 0 Å². The van der Waals surface area contributed by atoms with Gasteiger partial charge in [0.1, 0.15) is 0 Å². The van der Waals surface area contributed by atoms with Gasteiger partial charge in [-0.05, 0) is 6.92 Å². The fourth-order valence-electron chi connectivity index (χ4n) is 1.71. The molecule has 4 heteroatoms. The van der Waals surface area contributed by atoms with Gasteiger partial charge in [0.15, 0.2) is 5.82 Å². The topological polar surface area (TPSA) is 33.1 Å². The molecule has 2 rings (SSSR count). The zero-order valence-corrected chi connectivity index (χ0v) is 8.20. The molecule has 0 unspecified atom stereocenters. The SMILES string of the molecule is C[C@@H]1CN(c2ccn(C)n2)CCN1. The third-order valence-electron chi connectivity index (χ3n) is 2.39. The molecule has 1 N–H and O–H groups in total. The van der Waals surface area contributed by atoms with E-state index in [-0.39, 0.29) is 0 Å². The molecule has 0 aliphatic carbocycles. The van der Waals surface area contributed by atoms with Crippen molar-refractivity contribution >= 4 is 5.82 Å². The van der Waals surface area contributed by atoms with Gasteiger partial charge in [-0.3, -0.25) is 4.68 Å². The quantitative estimate of drug-likeness (QED) is 0.671. The van der Waals surface area contributed by atoms with E-state index in [4.69, 9.17) is 0 Å². The first kappa shape index (κ1) is 8.56. The summed E-state index contributed by atoms with van der Waals surface area (Å²) in [6.07, 6.45) is 1.99. The van der Waals surface area contributed by atoms with Gasteiger partial charge < -0.3 is 10.2 Å². The third-order valence-corrected chi connectivity index (χ3v) is 2.39. The summed E-state index contributed by atoms with van der Waals surface area (Å²) in [5, 5.41) is 7.80. The number of aromatic nitrogens is 2. The molecule has 1 aliphatic heterocycles. The highest BCUT2D eigenvalue weighted by Crippen LogP contribution is 2.11. The Morgan fingerprint density at radius 3 is 3.08 bits per heavy atom. The van der Waals surface area contributed by atoms with Crippen molar-refractivity contribution in [1.29, 1.82) is 0 Å². The molecule has 0 aromatic carbocycles. The lowest BCUT2D eigenvalue weighted by atomic mass is 10.2. The van der Waals surface area contributed by atoms with Crippen molar-refractivity contribution in [3.63, 3.8) is 0 Å². The third kappa shape index (κ3) is 1.83. The van der Waals surface area contributed by atoms with Gasteiger partial charge in [-0.2, -0.15) is 5.10 Å². The molecule has 13 heavy (non-hydrogen) atoms. The lowest BCUT2D eigenvalue weighted by molar-refractivity contribution is 0.481. The van der Waals surface area contributed by atoms with Gasteiger partial charge in [0.25, 0.3) is 0 Å². The predicted molar refractivity (Wildman–Crippen MR) is 52.9 cm³/mol. The van der Waals surface area contributed by atoms with Crippen LogP contribution in [0.3, 0.4) is 0 Å². The molecule has 1 aromatic heterocycles. The summed E-state index contributed by atoms with van der Waals surface area (Å²) in [5.41, 5.74) is 0. The number of rotatable bonds is 1. The minimum absolute atomic E-state index is 0.566. The van der Waals surface area contributed by atoms with Crippen LogP contribution < -0.4 is 10.2 Å². The molecule has 1 fully saturated rings. The van der Waals surface area contributed by atoms with Gasteiger partial charge in [-0.1, -0.05) is 0 Å². The summed E-state index contributed by atoms with van der Waals surface area (Å²) in [6, 6.07) is 2.63. The summed E-state index contributed by atoms with van der Waals surface area (Å²) in [7, 11) is 1.95. The van der Waals surface area contributed by atoms with E-state index in [2.05, 4.69) is 28.3 Å². The predicted octanol–water partition coefficient (Wildman–Crippen LogP) is 0.218. The van der Waals surface area contributed by atoms with Crippen molar-refractivity contribution in [2.45, 2.75) is 13.0 Å². The van der Waals surface area contributed by atoms with Crippen molar-refractivity contribution in [3.05, 3.63) is 12.3 Å². The van der Waals surface area contributed by atoms with Crippen LogP contribution in [0.15, 0.2) is 12.3 Å². The smallest absolute Gasteiger partial charge is 0.150 e. The molecular weight excluding hydrogens is 164 g/mol. The Labute approximate surface area is 78.5 Å². The van der Waals surface area contributed by atoms with Crippen LogP contribution in [0.1, 0.15) is 6.92 Å². The number of hydrogen-bond donors (Lipinski definition) is 1. The highest BCUT2D eigenvalue weighted by atomic mass is 15.3. The molecule has 1 atom stereocenters. The molecule has 0 radical (unpaired) electrons. The zero-order chi connectivity index (χ0) is 9.26. The van der Waals surface area contributed by atoms with Crippen molar-refractivity contribution in [2.75, 3.05) is 24.5 Å². The van der Waals surface area contributed by atoms with Gasteiger partial charge >= 0.3 is 0 Å². The lowest BCUT2D eigenvalue weighted by Gasteiger charge is -2.31. The first-order valence-electron chi connectivity index (χ1n) is 4.73. The molecule has 0 saturated carbocycles. The Hall–Kier alpha value is -1.03. The fourth-order valence-corrected chi connectivity index (χ4v) is 1.71. The maximum absolute atomic E-state index is 4.38. The van der Waals surface area contributed by atoms with Crippen molar-refractivity contribution in [1.82, 2.24) is 15.1 Å². The van der Waals surface area contributed by atoms with Gasteiger partial charge in [-0.15, -0.1) is 0 Å².